The number of fused-ring (bicyclic) bond motifs is 1. The molecule has 1 aromatic rings. The molecule has 0 aromatic heterocycles. The van der Waals surface area contributed by atoms with Crippen molar-refractivity contribution in [3.8, 4) is 11.5 Å². The minimum Gasteiger partial charge on any atom is -0.486 e. The standard InChI is InChI=1S/C13H15ClO4S/c14-10-6-11-12(18-5-4-17-11)7-13(10)19(15)8-9-2-1-3-16-9/h6-7,9H,1-5,8H2/t9-,19-/m1/s1. The van der Waals surface area contributed by atoms with Crippen molar-refractivity contribution >= 4 is 22.4 Å². The summed E-state index contributed by atoms with van der Waals surface area (Å²) in [6.45, 7) is 1.78. The van der Waals surface area contributed by atoms with E-state index in [9.17, 15) is 4.21 Å². The maximum absolute atomic E-state index is 12.4. The second-order valence-corrected chi connectivity index (χ2v) is 6.44. The first-order chi connectivity index (χ1) is 9.24. The fourth-order valence-electron chi connectivity index (χ4n) is 2.25. The molecular formula is C13H15ClO4S. The lowest BCUT2D eigenvalue weighted by molar-refractivity contribution is 0.128. The van der Waals surface area contributed by atoms with E-state index in [1.54, 1.807) is 12.1 Å². The maximum atomic E-state index is 12.4. The fraction of sp³-hybridized carbons (Fsp3) is 0.538. The molecule has 104 valence electrons. The number of rotatable bonds is 3. The quantitative estimate of drug-likeness (QED) is 0.860. The van der Waals surface area contributed by atoms with E-state index in [4.69, 9.17) is 25.8 Å². The molecule has 3 rings (SSSR count). The maximum Gasteiger partial charge on any atom is 0.162 e. The van der Waals surface area contributed by atoms with Gasteiger partial charge in [0.1, 0.15) is 13.2 Å². The Morgan fingerprint density at radius 3 is 2.63 bits per heavy atom. The topological polar surface area (TPSA) is 44.8 Å². The molecule has 1 fully saturated rings. The monoisotopic (exact) mass is 302 g/mol. The van der Waals surface area contributed by atoms with Crippen molar-refractivity contribution in [1.29, 1.82) is 0 Å². The van der Waals surface area contributed by atoms with E-state index in [2.05, 4.69) is 0 Å². The molecule has 2 aliphatic heterocycles. The summed E-state index contributed by atoms with van der Waals surface area (Å²) in [5.41, 5.74) is 0. The largest absolute Gasteiger partial charge is 0.486 e. The summed E-state index contributed by atoms with van der Waals surface area (Å²) in [5, 5.41) is 0.459. The number of ether oxygens (including phenoxy) is 3. The van der Waals surface area contributed by atoms with Gasteiger partial charge in [-0.1, -0.05) is 11.6 Å². The van der Waals surface area contributed by atoms with Crippen LogP contribution in [0.3, 0.4) is 0 Å². The van der Waals surface area contributed by atoms with E-state index >= 15 is 0 Å². The van der Waals surface area contributed by atoms with Gasteiger partial charge in [0.15, 0.2) is 11.5 Å². The Hall–Kier alpha value is -0.780. The Morgan fingerprint density at radius 2 is 1.95 bits per heavy atom. The Kier molecular flexibility index (Phi) is 3.96. The lowest BCUT2D eigenvalue weighted by atomic mass is 10.3. The zero-order valence-electron chi connectivity index (χ0n) is 10.4. The van der Waals surface area contributed by atoms with Gasteiger partial charge < -0.3 is 14.2 Å². The molecule has 0 aliphatic carbocycles. The van der Waals surface area contributed by atoms with E-state index < -0.39 is 10.8 Å². The Labute approximate surface area is 119 Å². The average Bonchev–Trinajstić information content (AvgIpc) is 2.90. The van der Waals surface area contributed by atoms with Gasteiger partial charge in [-0.2, -0.15) is 0 Å². The summed E-state index contributed by atoms with van der Waals surface area (Å²) in [6, 6.07) is 3.40. The molecule has 4 nitrogen and oxygen atoms in total. The van der Waals surface area contributed by atoms with Gasteiger partial charge in [-0.3, -0.25) is 4.21 Å². The summed E-state index contributed by atoms with van der Waals surface area (Å²) >= 11 is 6.17. The Morgan fingerprint density at radius 1 is 1.21 bits per heavy atom. The van der Waals surface area contributed by atoms with Crippen LogP contribution in [0.1, 0.15) is 12.8 Å². The van der Waals surface area contributed by atoms with Crippen LogP contribution >= 0.6 is 11.6 Å². The summed E-state index contributed by atoms with van der Waals surface area (Å²) in [5.74, 6) is 1.72. The van der Waals surface area contributed by atoms with Crippen molar-refractivity contribution in [1.82, 2.24) is 0 Å². The highest BCUT2D eigenvalue weighted by Gasteiger charge is 2.23. The summed E-state index contributed by atoms with van der Waals surface area (Å²) in [4.78, 5) is 0.599. The van der Waals surface area contributed by atoms with Gasteiger partial charge >= 0.3 is 0 Å². The van der Waals surface area contributed by atoms with Crippen molar-refractivity contribution < 1.29 is 18.4 Å². The highest BCUT2D eigenvalue weighted by atomic mass is 35.5. The van der Waals surface area contributed by atoms with Gasteiger partial charge in [-0.05, 0) is 12.8 Å². The molecule has 1 aromatic carbocycles. The lowest BCUT2D eigenvalue weighted by Gasteiger charge is -2.20. The number of hydrogen-bond donors (Lipinski definition) is 0. The molecule has 1 saturated heterocycles. The summed E-state index contributed by atoms with van der Waals surface area (Å²) in [7, 11) is -1.18. The first-order valence-corrected chi connectivity index (χ1v) is 8.03. The molecule has 0 unspecified atom stereocenters. The molecule has 0 saturated carbocycles. The van der Waals surface area contributed by atoms with Crippen molar-refractivity contribution in [2.24, 2.45) is 0 Å². The first kappa shape index (κ1) is 13.2. The van der Waals surface area contributed by atoms with Gasteiger partial charge in [-0.25, -0.2) is 0 Å². The first-order valence-electron chi connectivity index (χ1n) is 6.33. The van der Waals surface area contributed by atoms with Crippen LogP contribution < -0.4 is 9.47 Å². The van der Waals surface area contributed by atoms with Crippen LogP contribution in [-0.4, -0.2) is 35.9 Å². The van der Waals surface area contributed by atoms with Crippen molar-refractivity contribution in [3.63, 3.8) is 0 Å². The van der Waals surface area contributed by atoms with Crippen LogP contribution in [0.5, 0.6) is 11.5 Å². The third-order valence-corrected chi connectivity index (χ3v) is 5.13. The normalized spacial score (nSPS) is 23.3. The summed E-state index contributed by atoms with van der Waals surface area (Å²) < 4.78 is 28.8. The van der Waals surface area contributed by atoms with Crippen LogP contribution in [0.15, 0.2) is 17.0 Å². The van der Waals surface area contributed by atoms with Crippen LogP contribution in [-0.2, 0) is 15.5 Å². The second kappa shape index (κ2) is 5.69. The zero-order chi connectivity index (χ0) is 13.2. The highest BCUT2D eigenvalue weighted by molar-refractivity contribution is 7.85. The zero-order valence-corrected chi connectivity index (χ0v) is 12.0. The number of halogens is 1. The van der Waals surface area contributed by atoms with Crippen LogP contribution in [0, 0.1) is 0 Å². The molecule has 6 heteroatoms. The fourth-order valence-corrected chi connectivity index (χ4v) is 3.96. The predicted octanol–water partition coefficient (Wildman–Crippen LogP) is 2.40. The number of benzene rings is 1. The van der Waals surface area contributed by atoms with E-state index in [1.807, 2.05) is 0 Å². The molecule has 19 heavy (non-hydrogen) atoms. The molecule has 0 radical (unpaired) electrons. The number of hydrogen-bond acceptors (Lipinski definition) is 4. The third-order valence-electron chi connectivity index (χ3n) is 3.20. The minimum atomic E-state index is -1.18. The van der Waals surface area contributed by atoms with Gasteiger partial charge in [0.2, 0.25) is 0 Å². The summed E-state index contributed by atoms with van der Waals surface area (Å²) in [6.07, 6.45) is 2.08. The SMILES string of the molecule is O=[S@](C[C@H]1CCCO1)c1cc2c(cc1Cl)OCCO2. The van der Waals surface area contributed by atoms with Crippen molar-refractivity contribution in [2.45, 2.75) is 23.8 Å². The molecule has 0 spiro atoms. The van der Waals surface area contributed by atoms with Gasteiger partial charge in [0, 0.05) is 18.7 Å². The molecular weight excluding hydrogens is 288 g/mol. The van der Waals surface area contributed by atoms with Crippen LogP contribution in [0.2, 0.25) is 5.02 Å². The van der Waals surface area contributed by atoms with Crippen LogP contribution in [0.4, 0.5) is 0 Å². The van der Waals surface area contributed by atoms with Gasteiger partial charge in [0.05, 0.1) is 32.6 Å². The van der Waals surface area contributed by atoms with Gasteiger partial charge in [0.25, 0.3) is 0 Å². The van der Waals surface area contributed by atoms with E-state index in [1.165, 1.54) is 0 Å². The van der Waals surface area contributed by atoms with E-state index in [0.717, 1.165) is 19.4 Å². The smallest absolute Gasteiger partial charge is 0.162 e. The van der Waals surface area contributed by atoms with E-state index in [-0.39, 0.29) is 6.10 Å². The minimum absolute atomic E-state index is 0.0742. The van der Waals surface area contributed by atoms with Crippen molar-refractivity contribution in [2.75, 3.05) is 25.6 Å². The molecule has 0 bridgehead atoms. The molecule has 2 aliphatic rings. The molecule has 0 N–H and O–H groups in total. The van der Waals surface area contributed by atoms with Gasteiger partial charge in [-0.15, -0.1) is 0 Å². The lowest BCUT2D eigenvalue weighted by Crippen LogP contribution is -2.18. The van der Waals surface area contributed by atoms with Crippen LogP contribution in [0.25, 0.3) is 0 Å². The molecule has 2 heterocycles. The Balaban J connectivity index is 1.81. The Bertz CT molecular complexity index is 500. The predicted molar refractivity (Wildman–Crippen MR) is 72.7 cm³/mol. The van der Waals surface area contributed by atoms with Crippen molar-refractivity contribution in [3.05, 3.63) is 17.2 Å². The van der Waals surface area contributed by atoms with E-state index in [0.29, 0.717) is 40.4 Å². The molecule has 2 atom stereocenters. The third kappa shape index (κ3) is 2.88. The average molecular weight is 303 g/mol. The highest BCUT2D eigenvalue weighted by Crippen LogP contribution is 2.37. The molecule has 0 amide bonds. The second-order valence-electron chi connectivity index (χ2n) is 4.57.